The fraction of sp³-hybridized carbons (Fsp3) is 0.250. The number of benzene rings is 2. The van der Waals surface area contributed by atoms with Crippen LogP contribution in [-0.4, -0.2) is 6.61 Å². The third-order valence-electron chi connectivity index (χ3n) is 3.07. The van der Waals surface area contributed by atoms with Gasteiger partial charge in [-0.2, -0.15) is 8.78 Å². The second-order valence-electron chi connectivity index (χ2n) is 4.83. The Morgan fingerprint density at radius 3 is 2.48 bits per heavy atom. The molecule has 0 radical (unpaired) electrons. The Kier molecular flexibility index (Phi) is 4.96. The van der Waals surface area contributed by atoms with Crippen LogP contribution in [0, 0.1) is 0 Å². The molecule has 2 aromatic rings. The summed E-state index contributed by atoms with van der Waals surface area (Å²) in [7, 11) is 0. The molecule has 0 unspecified atom stereocenters. The first-order valence-electron chi connectivity index (χ1n) is 6.51. The summed E-state index contributed by atoms with van der Waals surface area (Å²) >= 11 is 3.30. The zero-order valence-electron chi connectivity index (χ0n) is 11.5. The van der Waals surface area contributed by atoms with Crippen LogP contribution in [-0.2, 0) is 5.92 Å². The van der Waals surface area contributed by atoms with Crippen LogP contribution in [0.3, 0.4) is 0 Å². The topological polar surface area (TPSA) is 35.2 Å². The van der Waals surface area contributed by atoms with Crippen LogP contribution in [0.25, 0.3) is 0 Å². The monoisotopic (exact) mass is 355 g/mol. The van der Waals surface area contributed by atoms with E-state index < -0.39 is 12.5 Å². The maximum Gasteiger partial charge on any atom is 0.306 e. The smallest absolute Gasteiger partial charge is 0.306 e. The van der Waals surface area contributed by atoms with Gasteiger partial charge in [0.25, 0.3) is 0 Å². The number of hydrogen-bond acceptors (Lipinski definition) is 2. The van der Waals surface area contributed by atoms with Crippen molar-refractivity contribution >= 4 is 15.9 Å². The summed E-state index contributed by atoms with van der Waals surface area (Å²) in [5.74, 6) is -2.69. The molecule has 0 bridgehead atoms. The molecule has 2 nitrogen and oxygen atoms in total. The van der Waals surface area contributed by atoms with Crippen LogP contribution in [0.5, 0.6) is 5.75 Å². The lowest BCUT2D eigenvalue weighted by Crippen LogP contribution is -2.23. The van der Waals surface area contributed by atoms with Gasteiger partial charge in [0.1, 0.15) is 5.75 Å². The summed E-state index contributed by atoms with van der Waals surface area (Å²) in [6, 6.07) is 12.6. The van der Waals surface area contributed by atoms with Gasteiger partial charge in [-0.15, -0.1) is 0 Å². The van der Waals surface area contributed by atoms with Crippen LogP contribution >= 0.6 is 15.9 Å². The van der Waals surface area contributed by atoms with E-state index in [0.29, 0.717) is 11.3 Å². The largest absolute Gasteiger partial charge is 0.487 e. The van der Waals surface area contributed by atoms with E-state index in [-0.39, 0.29) is 11.6 Å². The predicted octanol–water partition coefficient (Wildman–Crippen LogP) is 4.64. The van der Waals surface area contributed by atoms with Crippen molar-refractivity contribution in [1.82, 2.24) is 0 Å². The van der Waals surface area contributed by atoms with Gasteiger partial charge < -0.3 is 10.5 Å². The minimum absolute atomic E-state index is 0.0673. The summed E-state index contributed by atoms with van der Waals surface area (Å²) < 4.78 is 34.3. The molecule has 2 N–H and O–H groups in total. The van der Waals surface area contributed by atoms with E-state index >= 15 is 0 Å². The highest BCUT2D eigenvalue weighted by Gasteiger charge is 2.32. The van der Waals surface area contributed by atoms with Crippen molar-refractivity contribution in [2.45, 2.75) is 18.9 Å². The Labute approximate surface area is 131 Å². The van der Waals surface area contributed by atoms with Crippen LogP contribution in [0.2, 0.25) is 0 Å². The standard InChI is InChI=1S/C16H16BrF2NO/c1-11(20)14-8-7-13(17)9-15(14)21-10-16(18,19)12-5-3-2-4-6-12/h2-9,11H,10,20H2,1H3/t11-/m0/s1. The fourth-order valence-corrected chi connectivity index (χ4v) is 2.28. The van der Waals surface area contributed by atoms with E-state index in [0.717, 1.165) is 4.47 Å². The first kappa shape index (κ1) is 15.9. The second-order valence-corrected chi connectivity index (χ2v) is 5.75. The van der Waals surface area contributed by atoms with Crippen molar-refractivity contribution < 1.29 is 13.5 Å². The molecule has 0 heterocycles. The Bertz CT molecular complexity index is 602. The Morgan fingerprint density at radius 2 is 1.86 bits per heavy atom. The minimum Gasteiger partial charge on any atom is -0.487 e. The number of nitrogens with two attached hydrogens (primary N) is 1. The zero-order valence-corrected chi connectivity index (χ0v) is 13.1. The summed E-state index contributed by atoms with van der Waals surface area (Å²) in [5.41, 5.74) is 6.46. The van der Waals surface area contributed by atoms with Gasteiger partial charge in [0.05, 0.1) is 0 Å². The molecule has 2 aromatic carbocycles. The molecule has 0 aliphatic rings. The molecule has 0 aliphatic carbocycles. The third kappa shape index (κ3) is 4.02. The molecule has 0 saturated carbocycles. The van der Waals surface area contributed by atoms with Crippen molar-refractivity contribution in [3.8, 4) is 5.75 Å². The van der Waals surface area contributed by atoms with E-state index in [1.807, 2.05) is 0 Å². The van der Waals surface area contributed by atoms with Gasteiger partial charge in [0, 0.05) is 21.6 Å². The SMILES string of the molecule is C[C@H](N)c1ccc(Br)cc1OCC(F)(F)c1ccccc1. The summed E-state index contributed by atoms with van der Waals surface area (Å²) in [6.45, 7) is 1.05. The van der Waals surface area contributed by atoms with Crippen LogP contribution in [0.15, 0.2) is 53.0 Å². The molecule has 0 saturated heterocycles. The van der Waals surface area contributed by atoms with Gasteiger partial charge in [-0.05, 0) is 19.1 Å². The van der Waals surface area contributed by atoms with Crippen molar-refractivity contribution in [2.24, 2.45) is 5.73 Å². The quantitative estimate of drug-likeness (QED) is 0.847. The molecule has 21 heavy (non-hydrogen) atoms. The number of rotatable bonds is 5. The Hall–Kier alpha value is -1.46. The summed E-state index contributed by atoms with van der Waals surface area (Å²) in [4.78, 5) is 0. The highest BCUT2D eigenvalue weighted by atomic mass is 79.9. The van der Waals surface area contributed by atoms with Crippen molar-refractivity contribution in [3.05, 3.63) is 64.1 Å². The molecule has 1 atom stereocenters. The summed E-state index contributed by atoms with van der Waals surface area (Å²) in [6.07, 6.45) is 0. The first-order valence-corrected chi connectivity index (χ1v) is 7.30. The lowest BCUT2D eigenvalue weighted by molar-refractivity contribution is -0.0470. The number of ether oxygens (including phenoxy) is 1. The van der Waals surface area contributed by atoms with E-state index in [9.17, 15) is 8.78 Å². The van der Waals surface area contributed by atoms with Gasteiger partial charge in [0.15, 0.2) is 6.61 Å². The number of halogens is 3. The minimum atomic E-state index is -3.06. The van der Waals surface area contributed by atoms with E-state index in [2.05, 4.69) is 15.9 Å². The van der Waals surface area contributed by atoms with Gasteiger partial charge in [-0.3, -0.25) is 0 Å². The van der Waals surface area contributed by atoms with E-state index in [1.165, 1.54) is 12.1 Å². The number of hydrogen-bond donors (Lipinski definition) is 1. The molecule has 0 fully saturated rings. The lowest BCUT2D eigenvalue weighted by atomic mass is 10.1. The molecular formula is C16H16BrF2NO. The number of alkyl halides is 2. The lowest BCUT2D eigenvalue weighted by Gasteiger charge is -2.20. The Balaban J connectivity index is 2.18. The van der Waals surface area contributed by atoms with E-state index in [4.69, 9.17) is 10.5 Å². The predicted molar refractivity (Wildman–Crippen MR) is 82.6 cm³/mol. The highest BCUT2D eigenvalue weighted by molar-refractivity contribution is 9.10. The average Bonchev–Trinajstić information content (AvgIpc) is 2.46. The molecule has 2 rings (SSSR count). The van der Waals surface area contributed by atoms with Gasteiger partial charge >= 0.3 is 5.92 Å². The van der Waals surface area contributed by atoms with Crippen molar-refractivity contribution in [1.29, 1.82) is 0 Å². The maximum atomic E-state index is 14.1. The van der Waals surface area contributed by atoms with Crippen molar-refractivity contribution in [3.63, 3.8) is 0 Å². The maximum absolute atomic E-state index is 14.1. The molecule has 5 heteroatoms. The van der Waals surface area contributed by atoms with Gasteiger partial charge in [-0.1, -0.05) is 52.3 Å². The molecular weight excluding hydrogens is 340 g/mol. The highest BCUT2D eigenvalue weighted by Crippen LogP contribution is 2.32. The fourth-order valence-electron chi connectivity index (χ4n) is 1.94. The van der Waals surface area contributed by atoms with Crippen LogP contribution in [0.4, 0.5) is 8.78 Å². The molecule has 0 aliphatic heterocycles. The molecule has 0 aromatic heterocycles. The molecule has 112 valence electrons. The van der Waals surface area contributed by atoms with Crippen molar-refractivity contribution in [2.75, 3.05) is 6.61 Å². The first-order chi connectivity index (χ1) is 9.90. The third-order valence-corrected chi connectivity index (χ3v) is 3.56. The van der Waals surface area contributed by atoms with Gasteiger partial charge in [0.2, 0.25) is 0 Å². The van der Waals surface area contributed by atoms with Crippen LogP contribution < -0.4 is 10.5 Å². The Morgan fingerprint density at radius 1 is 1.19 bits per heavy atom. The zero-order chi connectivity index (χ0) is 15.5. The molecule has 0 spiro atoms. The van der Waals surface area contributed by atoms with Gasteiger partial charge in [-0.25, -0.2) is 0 Å². The second kappa shape index (κ2) is 6.54. The van der Waals surface area contributed by atoms with Crippen LogP contribution in [0.1, 0.15) is 24.1 Å². The molecule has 0 amide bonds. The summed E-state index contributed by atoms with van der Waals surface area (Å²) in [5, 5.41) is 0. The normalized spacial score (nSPS) is 13.0. The average molecular weight is 356 g/mol. The van der Waals surface area contributed by atoms with E-state index in [1.54, 1.807) is 43.3 Å².